The molecule has 0 aromatic heterocycles. The van der Waals surface area contributed by atoms with E-state index in [0.29, 0.717) is 4.95 Å². The Morgan fingerprint density at radius 3 is 2.67 bits per heavy atom. The normalized spacial score (nSPS) is 34.5. The van der Waals surface area contributed by atoms with Gasteiger partial charge in [-0.25, -0.2) is 0 Å². The largest absolute Gasteiger partial charge is 0.305 e. The van der Waals surface area contributed by atoms with Crippen LogP contribution in [-0.2, 0) is 0 Å². The third kappa shape index (κ3) is 0.949. The molecule has 0 bridgehead atoms. The van der Waals surface area contributed by atoms with Crippen molar-refractivity contribution in [1.82, 2.24) is 5.32 Å². The molecule has 0 aromatic carbocycles. The van der Waals surface area contributed by atoms with E-state index in [0.717, 1.165) is 0 Å². The maximum Gasteiger partial charge on any atom is 0.0631 e. The highest BCUT2D eigenvalue weighted by molar-refractivity contribution is 9.09. The van der Waals surface area contributed by atoms with Gasteiger partial charge < -0.3 is 5.32 Å². The van der Waals surface area contributed by atoms with Crippen LogP contribution in [0.25, 0.3) is 0 Å². The van der Waals surface area contributed by atoms with E-state index >= 15 is 0 Å². The average molecular weight is 150 g/mol. The zero-order chi connectivity index (χ0) is 4.41. The molecule has 36 valence electrons. The fourth-order valence-corrected chi connectivity index (χ4v) is 1.19. The minimum absolute atomic E-state index is 0.609. The molecule has 1 atom stereocenters. The Morgan fingerprint density at radius 2 is 2.50 bits per heavy atom. The van der Waals surface area contributed by atoms with E-state index in [2.05, 4.69) is 21.2 Å². The molecule has 1 aliphatic rings. The number of hydrogen-bond donors (Lipinski definition) is 1. The molecule has 1 N–H and O–H groups in total. The monoisotopic (exact) mass is 149 g/mol. The molecule has 1 fully saturated rings. The Kier molecular flexibility index (Phi) is 1.48. The van der Waals surface area contributed by atoms with Crippen LogP contribution in [0.4, 0.5) is 0 Å². The van der Waals surface area contributed by atoms with Crippen molar-refractivity contribution in [3.05, 3.63) is 0 Å². The standard InChI is InChI=1S/C4H8BrN/c5-4-2-1-3-6-4/h4,6H,1-3H2/t4-/m0/s1. The molecule has 1 rings (SSSR count). The first-order chi connectivity index (χ1) is 2.89. The molecule has 1 saturated heterocycles. The molecule has 0 amide bonds. The van der Waals surface area contributed by atoms with E-state index in [9.17, 15) is 0 Å². The summed E-state index contributed by atoms with van der Waals surface area (Å²) in [7, 11) is 0. The number of rotatable bonds is 0. The third-order valence-corrected chi connectivity index (χ3v) is 1.78. The lowest BCUT2D eigenvalue weighted by atomic mass is 10.4. The third-order valence-electron chi connectivity index (χ3n) is 1.00. The second kappa shape index (κ2) is 1.94. The molecule has 0 radical (unpaired) electrons. The molecule has 2 heteroatoms. The maximum absolute atomic E-state index is 3.43. The highest BCUT2D eigenvalue weighted by Crippen LogP contribution is 2.09. The highest BCUT2D eigenvalue weighted by atomic mass is 79.9. The van der Waals surface area contributed by atoms with Gasteiger partial charge >= 0.3 is 0 Å². The predicted molar refractivity (Wildman–Crippen MR) is 30.0 cm³/mol. The van der Waals surface area contributed by atoms with E-state index < -0.39 is 0 Å². The zero-order valence-corrected chi connectivity index (χ0v) is 5.16. The SMILES string of the molecule is Br[C@@H]1CCCN1. The van der Waals surface area contributed by atoms with Crippen LogP contribution in [0.5, 0.6) is 0 Å². The second-order valence-electron chi connectivity index (χ2n) is 1.56. The maximum atomic E-state index is 3.43. The number of alkyl halides is 1. The highest BCUT2D eigenvalue weighted by Gasteiger charge is 2.07. The Hall–Kier alpha value is 0.440. The summed E-state index contributed by atoms with van der Waals surface area (Å²) in [5, 5.41) is 3.24. The lowest BCUT2D eigenvalue weighted by molar-refractivity contribution is 0.819. The minimum atomic E-state index is 0.609. The summed E-state index contributed by atoms with van der Waals surface area (Å²) in [6.07, 6.45) is 2.62. The molecule has 1 heterocycles. The van der Waals surface area contributed by atoms with Crippen molar-refractivity contribution < 1.29 is 0 Å². The van der Waals surface area contributed by atoms with Gasteiger partial charge in [-0.15, -0.1) is 0 Å². The van der Waals surface area contributed by atoms with Crippen LogP contribution in [0, 0.1) is 0 Å². The van der Waals surface area contributed by atoms with E-state index in [1.807, 2.05) is 0 Å². The van der Waals surface area contributed by atoms with Gasteiger partial charge in [0.1, 0.15) is 0 Å². The topological polar surface area (TPSA) is 12.0 Å². The van der Waals surface area contributed by atoms with Crippen LogP contribution in [0.3, 0.4) is 0 Å². The Labute approximate surface area is 46.2 Å². The number of halogens is 1. The summed E-state index contributed by atoms with van der Waals surface area (Å²) in [6, 6.07) is 0. The minimum Gasteiger partial charge on any atom is -0.305 e. The van der Waals surface area contributed by atoms with E-state index in [-0.39, 0.29) is 0 Å². The fourth-order valence-electron chi connectivity index (χ4n) is 0.642. The Morgan fingerprint density at radius 1 is 1.67 bits per heavy atom. The van der Waals surface area contributed by atoms with E-state index in [1.165, 1.54) is 19.4 Å². The van der Waals surface area contributed by atoms with Gasteiger partial charge in [-0.2, -0.15) is 0 Å². The summed E-state index contributed by atoms with van der Waals surface area (Å²) < 4.78 is 0. The zero-order valence-electron chi connectivity index (χ0n) is 3.58. The van der Waals surface area contributed by atoms with Crippen molar-refractivity contribution in [2.45, 2.75) is 17.8 Å². The molecule has 0 spiro atoms. The molecular formula is C4H8BrN. The second-order valence-corrected chi connectivity index (χ2v) is 2.67. The molecule has 1 aliphatic heterocycles. The molecule has 0 saturated carbocycles. The predicted octanol–water partition coefficient (Wildman–Crippen LogP) is 1.09. The van der Waals surface area contributed by atoms with Crippen molar-refractivity contribution in [2.24, 2.45) is 0 Å². The van der Waals surface area contributed by atoms with Crippen LogP contribution >= 0.6 is 15.9 Å². The number of nitrogens with one attached hydrogen (secondary N) is 1. The first-order valence-corrected chi connectivity index (χ1v) is 3.18. The fraction of sp³-hybridized carbons (Fsp3) is 1.00. The van der Waals surface area contributed by atoms with Crippen molar-refractivity contribution in [1.29, 1.82) is 0 Å². The van der Waals surface area contributed by atoms with Crippen LogP contribution in [0.15, 0.2) is 0 Å². The number of hydrogen-bond acceptors (Lipinski definition) is 1. The van der Waals surface area contributed by atoms with Crippen LogP contribution in [-0.4, -0.2) is 11.5 Å². The smallest absolute Gasteiger partial charge is 0.0631 e. The van der Waals surface area contributed by atoms with E-state index in [4.69, 9.17) is 0 Å². The summed E-state index contributed by atoms with van der Waals surface area (Å²) >= 11 is 3.43. The first-order valence-electron chi connectivity index (χ1n) is 2.27. The van der Waals surface area contributed by atoms with Gasteiger partial charge in [-0.3, -0.25) is 0 Å². The van der Waals surface area contributed by atoms with Gasteiger partial charge in [0, 0.05) is 0 Å². The van der Waals surface area contributed by atoms with Gasteiger partial charge in [-0.05, 0) is 19.4 Å². The van der Waals surface area contributed by atoms with Crippen molar-refractivity contribution >= 4 is 15.9 Å². The Bertz CT molecular complexity index is 40.8. The van der Waals surface area contributed by atoms with Crippen molar-refractivity contribution in [3.8, 4) is 0 Å². The molecule has 0 aliphatic carbocycles. The van der Waals surface area contributed by atoms with Crippen LogP contribution in [0.2, 0.25) is 0 Å². The molecule has 0 aromatic rings. The van der Waals surface area contributed by atoms with E-state index in [1.54, 1.807) is 0 Å². The van der Waals surface area contributed by atoms with Gasteiger partial charge in [0.2, 0.25) is 0 Å². The van der Waals surface area contributed by atoms with Gasteiger partial charge in [0.15, 0.2) is 0 Å². The van der Waals surface area contributed by atoms with Crippen molar-refractivity contribution in [3.63, 3.8) is 0 Å². The molecular weight excluding hydrogens is 142 g/mol. The Balaban J connectivity index is 2.18. The summed E-state index contributed by atoms with van der Waals surface area (Å²) in [5.74, 6) is 0. The average Bonchev–Trinajstić information content (AvgIpc) is 1.86. The lowest BCUT2D eigenvalue weighted by Crippen LogP contribution is -2.12. The summed E-state index contributed by atoms with van der Waals surface area (Å²) in [4.78, 5) is 0.609. The molecule has 0 unspecified atom stereocenters. The summed E-state index contributed by atoms with van der Waals surface area (Å²) in [5.41, 5.74) is 0. The molecule has 1 nitrogen and oxygen atoms in total. The first kappa shape index (κ1) is 4.60. The van der Waals surface area contributed by atoms with Gasteiger partial charge in [-0.1, -0.05) is 15.9 Å². The van der Waals surface area contributed by atoms with Gasteiger partial charge in [0.25, 0.3) is 0 Å². The molecule has 6 heavy (non-hydrogen) atoms. The summed E-state index contributed by atoms with van der Waals surface area (Å²) in [6.45, 7) is 1.19. The van der Waals surface area contributed by atoms with Crippen LogP contribution in [0.1, 0.15) is 12.8 Å². The lowest BCUT2D eigenvalue weighted by Gasteiger charge is -1.92. The quantitative estimate of drug-likeness (QED) is 0.402. The van der Waals surface area contributed by atoms with Gasteiger partial charge in [0.05, 0.1) is 4.95 Å². The van der Waals surface area contributed by atoms with Crippen molar-refractivity contribution in [2.75, 3.05) is 6.54 Å². The van der Waals surface area contributed by atoms with Crippen LogP contribution < -0.4 is 5.32 Å².